The zero-order valence-corrected chi connectivity index (χ0v) is 12.6. The summed E-state index contributed by atoms with van der Waals surface area (Å²) in [5.74, 6) is 1.56. The van der Waals surface area contributed by atoms with Gasteiger partial charge < -0.3 is 9.15 Å². The average Bonchev–Trinajstić information content (AvgIpc) is 2.61. The second-order valence-corrected chi connectivity index (χ2v) is 4.87. The van der Waals surface area contributed by atoms with Crippen LogP contribution in [0.15, 0.2) is 69.9 Å². The Kier molecular flexibility index (Phi) is 4.34. The smallest absolute Gasteiger partial charge is 0.276 e. The molecular weight excluding hydrogens is 290 g/mol. The van der Waals surface area contributed by atoms with Crippen LogP contribution in [0.25, 0.3) is 23.5 Å². The SMILES string of the molecule is COc1ccc(C=Cc2nc(=O)cc(-c3ccccc3)o2)cc1. The summed E-state index contributed by atoms with van der Waals surface area (Å²) in [4.78, 5) is 15.6. The standard InChI is InChI=1S/C19H15NO3/c1-22-16-10-7-14(8-11-16)9-12-19-20-18(21)13-17(23-19)15-5-3-2-4-6-15/h2-13H,1H3. The summed E-state index contributed by atoms with van der Waals surface area (Å²) in [5, 5.41) is 0. The van der Waals surface area contributed by atoms with Crippen molar-refractivity contribution in [2.75, 3.05) is 7.11 Å². The van der Waals surface area contributed by atoms with E-state index in [0.717, 1.165) is 16.9 Å². The molecule has 0 fully saturated rings. The third-order valence-corrected chi connectivity index (χ3v) is 3.28. The molecule has 0 spiro atoms. The van der Waals surface area contributed by atoms with Gasteiger partial charge in [-0.15, -0.1) is 0 Å². The number of rotatable bonds is 4. The van der Waals surface area contributed by atoms with Gasteiger partial charge in [0.25, 0.3) is 5.56 Å². The zero-order valence-electron chi connectivity index (χ0n) is 12.6. The highest BCUT2D eigenvalue weighted by Gasteiger charge is 2.04. The van der Waals surface area contributed by atoms with Crippen LogP contribution in [-0.2, 0) is 0 Å². The van der Waals surface area contributed by atoms with Crippen molar-refractivity contribution in [2.45, 2.75) is 0 Å². The van der Waals surface area contributed by atoms with Gasteiger partial charge in [0.2, 0.25) is 5.89 Å². The number of ether oxygens (including phenoxy) is 1. The molecule has 0 saturated carbocycles. The van der Waals surface area contributed by atoms with Crippen LogP contribution in [0.4, 0.5) is 0 Å². The minimum Gasteiger partial charge on any atom is -0.497 e. The lowest BCUT2D eigenvalue weighted by Crippen LogP contribution is -2.05. The Balaban J connectivity index is 1.89. The van der Waals surface area contributed by atoms with Crippen LogP contribution < -0.4 is 10.3 Å². The van der Waals surface area contributed by atoms with Crippen molar-refractivity contribution in [1.82, 2.24) is 4.98 Å². The molecular formula is C19H15NO3. The molecule has 4 nitrogen and oxygen atoms in total. The maximum Gasteiger partial charge on any atom is 0.276 e. The van der Waals surface area contributed by atoms with E-state index in [1.165, 1.54) is 6.07 Å². The Bertz CT molecular complexity index is 865. The molecule has 0 amide bonds. The first-order valence-corrected chi connectivity index (χ1v) is 7.14. The molecule has 2 aromatic carbocycles. The van der Waals surface area contributed by atoms with E-state index in [1.54, 1.807) is 13.2 Å². The Morgan fingerprint density at radius 2 is 1.74 bits per heavy atom. The van der Waals surface area contributed by atoms with E-state index in [0.29, 0.717) is 5.76 Å². The molecule has 0 aliphatic heterocycles. The number of hydrogen-bond acceptors (Lipinski definition) is 4. The van der Waals surface area contributed by atoms with Crippen LogP contribution in [0.2, 0.25) is 0 Å². The van der Waals surface area contributed by atoms with Crippen molar-refractivity contribution >= 4 is 12.2 Å². The number of aromatic nitrogens is 1. The summed E-state index contributed by atoms with van der Waals surface area (Å²) in [6.45, 7) is 0. The summed E-state index contributed by atoms with van der Waals surface area (Å²) in [7, 11) is 1.62. The minimum atomic E-state index is -0.329. The lowest BCUT2D eigenvalue weighted by molar-refractivity contribution is 0.415. The first-order valence-electron chi connectivity index (χ1n) is 7.14. The van der Waals surface area contributed by atoms with Crippen molar-refractivity contribution in [3.05, 3.63) is 82.5 Å². The summed E-state index contributed by atoms with van der Waals surface area (Å²) in [6, 6.07) is 18.4. The van der Waals surface area contributed by atoms with Crippen LogP contribution in [0.1, 0.15) is 11.5 Å². The Morgan fingerprint density at radius 3 is 2.43 bits per heavy atom. The van der Waals surface area contributed by atoms with Crippen LogP contribution in [-0.4, -0.2) is 12.1 Å². The summed E-state index contributed by atoms with van der Waals surface area (Å²) in [6.07, 6.45) is 3.51. The van der Waals surface area contributed by atoms with Crippen LogP contribution in [0.5, 0.6) is 5.75 Å². The predicted octanol–water partition coefficient (Wildman–Crippen LogP) is 3.88. The summed E-state index contributed by atoms with van der Waals surface area (Å²) >= 11 is 0. The van der Waals surface area contributed by atoms with Gasteiger partial charge >= 0.3 is 0 Å². The molecule has 4 heteroatoms. The number of nitrogens with zero attached hydrogens (tertiary/aromatic N) is 1. The minimum absolute atomic E-state index is 0.271. The van der Waals surface area contributed by atoms with E-state index in [4.69, 9.17) is 9.15 Å². The maximum atomic E-state index is 11.8. The van der Waals surface area contributed by atoms with Gasteiger partial charge in [-0.1, -0.05) is 42.5 Å². The largest absolute Gasteiger partial charge is 0.497 e. The molecule has 23 heavy (non-hydrogen) atoms. The van der Waals surface area contributed by atoms with E-state index in [2.05, 4.69) is 4.98 Å². The van der Waals surface area contributed by atoms with Crippen LogP contribution >= 0.6 is 0 Å². The normalized spacial score (nSPS) is 10.8. The third kappa shape index (κ3) is 3.74. The van der Waals surface area contributed by atoms with Gasteiger partial charge in [-0.2, -0.15) is 4.98 Å². The van der Waals surface area contributed by atoms with Crippen molar-refractivity contribution in [2.24, 2.45) is 0 Å². The number of benzene rings is 2. The van der Waals surface area contributed by atoms with E-state index in [9.17, 15) is 4.79 Å². The van der Waals surface area contributed by atoms with Crippen molar-refractivity contribution < 1.29 is 9.15 Å². The van der Waals surface area contributed by atoms with E-state index in [-0.39, 0.29) is 11.4 Å². The van der Waals surface area contributed by atoms with Gasteiger partial charge in [-0.3, -0.25) is 4.79 Å². The number of methoxy groups -OCH3 is 1. The molecule has 3 rings (SSSR count). The Labute approximate surface area is 133 Å². The Morgan fingerprint density at radius 1 is 1.00 bits per heavy atom. The first kappa shape index (κ1) is 14.8. The van der Waals surface area contributed by atoms with Gasteiger partial charge in [-0.25, -0.2) is 0 Å². The Hall–Kier alpha value is -3.14. The quantitative estimate of drug-likeness (QED) is 0.734. The van der Waals surface area contributed by atoms with Crippen molar-refractivity contribution in [3.8, 4) is 17.1 Å². The van der Waals surface area contributed by atoms with Crippen LogP contribution in [0.3, 0.4) is 0 Å². The molecule has 0 aliphatic rings. The van der Waals surface area contributed by atoms with Gasteiger partial charge in [0.15, 0.2) is 0 Å². The van der Waals surface area contributed by atoms with Crippen LogP contribution in [0, 0.1) is 0 Å². The molecule has 0 aliphatic carbocycles. The van der Waals surface area contributed by atoms with Gasteiger partial charge in [0.05, 0.1) is 7.11 Å². The highest BCUT2D eigenvalue weighted by molar-refractivity contribution is 5.67. The fourth-order valence-corrected chi connectivity index (χ4v) is 2.12. The number of hydrogen-bond donors (Lipinski definition) is 0. The van der Waals surface area contributed by atoms with Crippen molar-refractivity contribution in [1.29, 1.82) is 0 Å². The molecule has 0 N–H and O–H groups in total. The lowest BCUT2D eigenvalue weighted by Gasteiger charge is -2.01. The van der Waals surface area contributed by atoms with E-state index in [1.807, 2.05) is 60.7 Å². The zero-order chi connectivity index (χ0) is 16.1. The fourth-order valence-electron chi connectivity index (χ4n) is 2.12. The molecule has 1 heterocycles. The molecule has 0 unspecified atom stereocenters. The average molecular weight is 305 g/mol. The molecule has 3 aromatic rings. The molecule has 0 atom stereocenters. The molecule has 114 valence electrons. The van der Waals surface area contributed by atoms with Gasteiger partial charge in [0.1, 0.15) is 11.5 Å². The molecule has 1 aromatic heterocycles. The molecule has 0 radical (unpaired) electrons. The predicted molar refractivity (Wildman–Crippen MR) is 90.1 cm³/mol. The monoisotopic (exact) mass is 305 g/mol. The van der Waals surface area contributed by atoms with Crippen molar-refractivity contribution in [3.63, 3.8) is 0 Å². The second-order valence-electron chi connectivity index (χ2n) is 4.87. The summed E-state index contributed by atoms with van der Waals surface area (Å²) in [5.41, 5.74) is 1.47. The van der Waals surface area contributed by atoms with Gasteiger partial charge in [-0.05, 0) is 23.8 Å². The first-order chi connectivity index (χ1) is 11.2. The summed E-state index contributed by atoms with van der Waals surface area (Å²) < 4.78 is 10.8. The van der Waals surface area contributed by atoms with Gasteiger partial charge in [0, 0.05) is 17.7 Å². The molecule has 0 bridgehead atoms. The second kappa shape index (κ2) is 6.75. The highest BCUT2D eigenvalue weighted by atomic mass is 16.5. The molecule has 0 saturated heterocycles. The highest BCUT2D eigenvalue weighted by Crippen LogP contribution is 2.19. The lowest BCUT2D eigenvalue weighted by atomic mass is 10.2. The van der Waals surface area contributed by atoms with E-state index >= 15 is 0 Å². The third-order valence-electron chi connectivity index (χ3n) is 3.28. The fraction of sp³-hybridized carbons (Fsp3) is 0.0526. The topological polar surface area (TPSA) is 52.3 Å². The van der Waals surface area contributed by atoms with E-state index < -0.39 is 0 Å². The maximum absolute atomic E-state index is 11.8.